The fourth-order valence-electron chi connectivity index (χ4n) is 2.50. The number of aryl methyl sites for hydroxylation is 1. The van der Waals surface area contributed by atoms with Crippen molar-refractivity contribution in [2.75, 3.05) is 5.73 Å². The highest BCUT2D eigenvalue weighted by molar-refractivity contribution is 14.1. The van der Waals surface area contributed by atoms with Crippen molar-refractivity contribution >= 4 is 57.1 Å². The monoisotopic (exact) mass is 423 g/mol. The van der Waals surface area contributed by atoms with Crippen LogP contribution in [0, 0.1) is 3.57 Å². The molecule has 4 rings (SSSR count). The first-order valence-corrected chi connectivity index (χ1v) is 8.51. The van der Waals surface area contributed by atoms with Gasteiger partial charge < -0.3 is 10.7 Å². The Hall–Kier alpha value is -1.68. The molecule has 0 fully saturated rings. The maximum absolute atomic E-state index is 11.8. The summed E-state index contributed by atoms with van der Waals surface area (Å²) in [7, 11) is 0. The Morgan fingerprint density at radius 1 is 1.27 bits per heavy atom. The minimum Gasteiger partial charge on any atom is -0.382 e. The van der Waals surface area contributed by atoms with E-state index in [4.69, 9.17) is 5.73 Å². The number of carbonyl (C=O) groups excluding carboxylic acids is 1. The van der Waals surface area contributed by atoms with Crippen LogP contribution in [-0.2, 0) is 6.42 Å². The summed E-state index contributed by atoms with van der Waals surface area (Å²) >= 11 is 3.76. The average Bonchev–Trinajstić information content (AvgIpc) is 3.05. The molecule has 2 heterocycles. The normalized spacial score (nSPS) is 13.8. The molecule has 0 amide bonds. The van der Waals surface area contributed by atoms with Gasteiger partial charge in [-0.2, -0.15) is 0 Å². The Morgan fingerprint density at radius 2 is 2.14 bits per heavy atom. The smallest absolute Gasteiger partial charge is 0.183 e. The molecule has 2 aromatic heterocycles. The number of rotatable bonds is 2. The van der Waals surface area contributed by atoms with Crippen LogP contribution in [0.4, 0.5) is 5.82 Å². The third-order valence-corrected chi connectivity index (χ3v) is 5.79. The van der Waals surface area contributed by atoms with Gasteiger partial charge in [-0.15, -0.1) is 0 Å². The zero-order valence-electron chi connectivity index (χ0n) is 11.3. The Balaban J connectivity index is 1.73. The van der Waals surface area contributed by atoms with Crippen LogP contribution in [0.25, 0.3) is 11.2 Å². The molecular formula is C14H10IN5OS. The number of imidazole rings is 1. The lowest BCUT2D eigenvalue weighted by atomic mass is 10.1. The Labute approximate surface area is 143 Å². The molecule has 110 valence electrons. The second-order valence-corrected chi connectivity index (χ2v) is 7.16. The van der Waals surface area contributed by atoms with Crippen molar-refractivity contribution in [1.82, 2.24) is 19.9 Å². The number of anilines is 1. The summed E-state index contributed by atoms with van der Waals surface area (Å²) in [4.78, 5) is 28.5. The van der Waals surface area contributed by atoms with Gasteiger partial charge in [0, 0.05) is 20.4 Å². The summed E-state index contributed by atoms with van der Waals surface area (Å²) in [6, 6.07) is 4.04. The van der Waals surface area contributed by atoms with E-state index in [0.717, 1.165) is 26.0 Å². The van der Waals surface area contributed by atoms with Gasteiger partial charge in [-0.1, -0.05) is 11.8 Å². The molecule has 1 aliphatic carbocycles. The Bertz CT molecular complexity index is 923. The van der Waals surface area contributed by atoms with E-state index in [1.165, 1.54) is 18.1 Å². The van der Waals surface area contributed by atoms with Gasteiger partial charge in [-0.3, -0.25) is 4.79 Å². The summed E-state index contributed by atoms with van der Waals surface area (Å²) in [5.41, 5.74) is 8.99. The van der Waals surface area contributed by atoms with Crippen molar-refractivity contribution in [3.8, 4) is 0 Å². The molecule has 8 heteroatoms. The number of nitrogen functional groups attached to an aromatic ring is 1. The van der Waals surface area contributed by atoms with E-state index in [1.807, 2.05) is 6.07 Å². The average molecular weight is 423 g/mol. The molecule has 3 N–H and O–H groups in total. The van der Waals surface area contributed by atoms with Gasteiger partial charge >= 0.3 is 0 Å². The SMILES string of the molecule is Nc1ncnc2nc(Sc3cc4c(cc3I)C(=O)CC4)[nH]c12. The van der Waals surface area contributed by atoms with E-state index in [2.05, 4.69) is 48.6 Å². The van der Waals surface area contributed by atoms with Crippen LogP contribution in [0.15, 0.2) is 28.5 Å². The second-order valence-electron chi connectivity index (χ2n) is 4.96. The quantitative estimate of drug-likeness (QED) is 0.616. The number of aromatic nitrogens is 4. The highest BCUT2D eigenvalue weighted by atomic mass is 127. The third kappa shape index (κ3) is 2.26. The maximum Gasteiger partial charge on any atom is 0.183 e. The minimum atomic E-state index is 0.233. The first-order valence-electron chi connectivity index (χ1n) is 6.61. The number of H-pyrrole nitrogens is 1. The van der Waals surface area contributed by atoms with E-state index >= 15 is 0 Å². The van der Waals surface area contributed by atoms with Gasteiger partial charge in [0.05, 0.1) is 0 Å². The predicted octanol–water partition coefficient (Wildman–Crippen LogP) is 2.82. The fourth-order valence-corrected chi connectivity index (χ4v) is 4.15. The summed E-state index contributed by atoms with van der Waals surface area (Å²) in [6.07, 6.45) is 2.82. The molecule has 6 nitrogen and oxygen atoms in total. The van der Waals surface area contributed by atoms with Crippen LogP contribution in [0.5, 0.6) is 0 Å². The van der Waals surface area contributed by atoms with Gasteiger partial charge in [0.2, 0.25) is 0 Å². The lowest BCUT2D eigenvalue weighted by Gasteiger charge is -2.05. The molecule has 0 spiro atoms. The largest absolute Gasteiger partial charge is 0.382 e. The van der Waals surface area contributed by atoms with Gasteiger partial charge in [0.25, 0.3) is 0 Å². The fraction of sp³-hybridized carbons (Fsp3) is 0.143. The standard InChI is InChI=1S/C14H10IN5OS/c15-8-4-7-6(1-2-9(7)21)3-10(8)22-14-19-11-12(16)17-5-18-13(11)20-14/h3-5H,1-2H2,(H3,16,17,18,19,20). The molecular weight excluding hydrogens is 413 g/mol. The van der Waals surface area contributed by atoms with Crippen LogP contribution < -0.4 is 5.73 Å². The number of nitrogens with zero attached hydrogens (tertiary/aromatic N) is 3. The Kier molecular flexibility index (Phi) is 3.30. The van der Waals surface area contributed by atoms with Gasteiger partial charge in [-0.05, 0) is 46.7 Å². The molecule has 1 aliphatic rings. The van der Waals surface area contributed by atoms with Crippen molar-refractivity contribution in [2.24, 2.45) is 0 Å². The third-order valence-electron chi connectivity index (χ3n) is 3.58. The second kappa shape index (κ2) is 5.20. The highest BCUT2D eigenvalue weighted by Gasteiger charge is 2.22. The van der Waals surface area contributed by atoms with Crippen molar-refractivity contribution in [2.45, 2.75) is 22.9 Å². The molecule has 1 aromatic carbocycles. The number of ketones is 1. The van der Waals surface area contributed by atoms with Crippen LogP contribution in [0.1, 0.15) is 22.3 Å². The molecule has 0 saturated heterocycles. The van der Waals surface area contributed by atoms with Gasteiger partial charge in [0.15, 0.2) is 22.4 Å². The van der Waals surface area contributed by atoms with Crippen molar-refractivity contribution in [1.29, 1.82) is 0 Å². The van der Waals surface area contributed by atoms with Crippen molar-refractivity contribution < 1.29 is 4.79 Å². The molecule has 0 bridgehead atoms. The van der Waals surface area contributed by atoms with E-state index in [9.17, 15) is 4.79 Å². The number of Topliss-reactive ketones (excluding diaryl/α,β-unsaturated/α-hetero) is 1. The minimum absolute atomic E-state index is 0.233. The number of hydrogen-bond acceptors (Lipinski definition) is 6. The van der Waals surface area contributed by atoms with Crippen LogP contribution >= 0.6 is 34.4 Å². The number of nitrogens with two attached hydrogens (primary N) is 1. The van der Waals surface area contributed by atoms with Crippen LogP contribution in [0.3, 0.4) is 0 Å². The summed E-state index contributed by atoms with van der Waals surface area (Å²) < 4.78 is 1.04. The zero-order chi connectivity index (χ0) is 15.3. The number of benzene rings is 1. The maximum atomic E-state index is 11.8. The lowest BCUT2D eigenvalue weighted by molar-refractivity contribution is 0.0994. The lowest BCUT2D eigenvalue weighted by Crippen LogP contribution is -1.93. The first kappa shape index (κ1) is 13.9. The molecule has 3 aromatic rings. The molecule has 0 unspecified atom stereocenters. The van der Waals surface area contributed by atoms with E-state index in [-0.39, 0.29) is 5.78 Å². The Morgan fingerprint density at radius 3 is 2.95 bits per heavy atom. The van der Waals surface area contributed by atoms with Crippen molar-refractivity contribution in [3.05, 3.63) is 33.2 Å². The van der Waals surface area contributed by atoms with E-state index in [1.54, 1.807) is 0 Å². The van der Waals surface area contributed by atoms with Crippen LogP contribution in [0.2, 0.25) is 0 Å². The molecule has 0 saturated carbocycles. The number of hydrogen-bond donors (Lipinski definition) is 2. The summed E-state index contributed by atoms with van der Waals surface area (Å²) in [6.45, 7) is 0. The molecule has 0 radical (unpaired) electrons. The van der Waals surface area contributed by atoms with Crippen LogP contribution in [-0.4, -0.2) is 25.7 Å². The van der Waals surface area contributed by atoms with Crippen molar-refractivity contribution in [3.63, 3.8) is 0 Å². The first-order chi connectivity index (χ1) is 10.6. The van der Waals surface area contributed by atoms with E-state index < -0.39 is 0 Å². The molecule has 22 heavy (non-hydrogen) atoms. The van der Waals surface area contributed by atoms with Gasteiger partial charge in [-0.25, -0.2) is 15.0 Å². The van der Waals surface area contributed by atoms with E-state index in [0.29, 0.717) is 28.6 Å². The number of halogens is 1. The molecule has 0 atom stereocenters. The topological polar surface area (TPSA) is 97.5 Å². The highest BCUT2D eigenvalue weighted by Crippen LogP contribution is 2.35. The number of carbonyl (C=O) groups is 1. The molecule has 0 aliphatic heterocycles. The van der Waals surface area contributed by atoms with Gasteiger partial charge in [0.1, 0.15) is 11.8 Å². The summed E-state index contributed by atoms with van der Waals surface area (Å²) in [5, 5.41) is 0.712. The summed E-state index contributed by atoms with van der Waals surface area (Å²) in [5.74, 6) is 0.620. The number of nitrogens with one attached hydrogen (secondary N) is 1. The number of fused-ring (bicyclic) bond motifs is 2. The zero-order valence-corrected chi connectivity index (χ0v) is 14.2. The number of aromatic amines is 1. The predicted molar refractivity (Wildman–Crippen MR) is 92.0 cm³/mol.